The zero-order valence-electron chi connectivity index (χ0n) is 10.7. The van der Waals surface area contributed by atoms with E-state index in [0.717, 1.165) is 23.7 Å². The average Bonchev–Trinajstić information content (AvgIpc) is 2.50. The van der Waals surface area contributed by atoms with Gasteiger partial charge in [0.25, 0.3) is 0 Å². The van der Waals surface area contributed by atoms with Crippen molar-refractivity contribution in [1.29, 1.82) is 0 Å². The molecule has 2 rings (SSSR count). The largest absolute Gasteiger partial charge is 0.303 e. The van der Waals surface area contributed by atoms with Crippen LogP contribution in [0.3, 0.4) is 0 Å². The lowest BCUT2D eigenvalue weighted by atomic mass is 9.97. The lowest BCUT2D eigenvalue weighted by Gasteiger charge is -2.32. The van der Waals surface area contributed by atoms with Crippen molar-refractivity contribution in [3.05, 3.63) is 0 Å². The molecule has 0 aromatic heterocycles. The minimum atomic E-state index is 0.971. The van der Waals surface area contributed by atoms with Crippen molar-refractivity contribution in [3.8, 4) is 0 Å². The van der Waals surface area contributed by atoms with Gasteiger partial charge in [-0.3, -0.25) is 0 Å². The van der Waals surface area contributed by atoms with Gasteiger partial charge in [-0.25, -0.2) is 0 Å². The molecule has 1 nitrogen and oxygen atoms in total. The Balaban J connectivity index is 1.73. The molecule has 1 heterocycles. The monoisotopic (exact) mass is 209 g/mol. The van der Waals surface area contributed by atoms with E-state index in [1.54, 1.807) is 0 Å². The van der Waals surface area contributed by atoms with Crippen molar-refractivity contribution in [2.45, 2.75) is 46.5 Å². The number of nitrogens with zero attached hydrogens (tertiary/aromatic N) is 1. The third kappa shape index (κ3) is 2.96. The van der Waals surface area contributed by atoms with Crippen molar-refractivity contribution >= 4 is 0 Å². The Hall–Kier alpha value is -0.0400. The molecule has 1 aliphatic carbocycles. The molecule has 88 valence electrons. The van der Waals surface area contributed by atoms with E-state index in [4.69, 9.17) is 0 Å². The molecule has 2 fully saturated rings. The second kappa shape index (κ2) is 4.86. The molecule has 0 aromatic rings. The summed E-state index contributed by atoms with van der Waals surface area (Å²) in [5.74, 6) is 3.92. The molecule has 0 N–H and O–H groups in total. The topological polar surface area (TPSA) is 3.24 Å². The smallest absolute Gasteiger partial charge is 0.000986 e. The predicted molar refractivity (Wildman–Crippen MR) is 65.9 cm³/mol. The molecule has 1 saturated heterocycles. The fourth-order valence-electron chi connectivity index (χ4n) is 3.37. The van der Waals surface area contributed by atoms with E-state index in [9.17, 15) is 0 Å². The molecule has 2 unspecified atom stereocenters. The maximum atomic E-state index is 2.72. The molecule has 2 atom stereocenters. The van der Waals surface area contributed by atoms with Gasteiger partial charge in [0.2, 0.25) is 0 Å². The first-order valence-electron chi connectivity index (χ1n) is 6.87. The Morgan fingerprint density at radius 2 is 1.47 bits per heavy atom. The van der Waals surface area contributed by atoms with Gasteiger partial charge in [-0.1, -0.05) is 20.8 Å². The molecule has 0 spiro atoms. The summed E-state index contributed by atoms with van der Waals surface area (Å²) >= 11 is 0. The van der Waals surface area contributed by atoms with E-state index in [0.29, 0.717) is 0 Å². The van der Waals surface area contributed by atoms with E-state index >= 15 is 0 Å². The molecule has 1 saturated carbocycles. The molecule has 2 aliphatic rings. The number of hydrogen-bond donors (Lipinski definition) is 0. The summed E-state index contributed by atoms with van der Waals surface area (Å²) in [6.45, 7) is 11.4. The summed E-state index contributed by atoms with van der Waals surface area (Å²) in [6, 6.07) is 0. The van der Waals surface area contributed by atoms with Crippen LogP contribution in [0.4, 0.5) is 0 Å². The Morgan fingerprint density at radius 1 is 0.933 bits per heavy atom. The zero-order valence-corrected chi connectivity index (χ0v) is 10.7. The lowest BCUT2D eigenvalue weighted by molar-refractivity contribution is 0.166. The fourth-order valence-corrected chi connectivity index (χ4v) is 3.37. The van der Waals surface area contributed by atoms with Gasteiger partial charge in [0.05, 0.1) is 0 Å². The van der Waals surface area contributed by atoms with Crippen LogP contribution in [0.15, 0.2) is 0 Å². The van der Waals surface area contributed by atoms with Crippen LogP contribution in [-0.4, -0.2) is 24.5 Å². The third-order valence-corrected chi connectivity index (χ3v) is 4.77. The minimum Gasteiger partial charge on any atom is -0.303 e. The third-order valence-electron chi connectivity index (χ3n) is 4.77. The summed E-state index contributed by atoms with van der Waals surface area (Å²) < 4.78 is 0. The highest BCUT2D eigenvalue weighted by Gasteiger charge is 2.29. The van der Waals surface area contributed by atoms with E-state index in [1.807, 2.05) is 0 Å². The Morgan fingerprint density at radius 3 is 2.00 bits per heavy atom. The molecule has 0 bridgehead atoms. The molecule has 0 aromatic carbocycles. The minimum absolute atomic E-state index is 0.971. The number of hydrogen-bond acceptors (Lipinski definition) is 1. The Bertz CT molecular complexity index is 184. The van der Waals surface area contributed by atoms with Gasteiger partial charge < -0.3 is 4.90 Å². The maximum absolute atomic E-state index is 2.72. The van der Waals surface area contributed by atoms with Gasteiger partial charge in [0.15, 0.2) is 0 Å². The molecular weight excluding hydrogens is 182 g/mol. The fraction of sp³-hybridized carbons (Fsp3) is 1.00. The molecule has 15 heavy (non-hydrogen) atoms. The molecule has 0 amide bonds. The van der Waals surface area contributed by atoms with Crippen molar-refractivity contribution in [2.24, 2.45) is 23.7 Å². The summed E-state index contributed by atoms with van der Waals surface area (Å²) in [6.07, 6.45) is 5.82. The Kier molecular flexibility index (Phi) is 3.71. The molecular formula is C14H27N. The van der Waals surface area contributed by atoms with Crippen LogP contribution >= 0.6 is 0 Å². The quantitative estimate of drug-likeness (QED) is 0.674. The predicted octanol–water partition coefficient (Wildman–Crippen LogP) is 3.40. The lowest BCUT2D eigenvalue weighted by Crippen LogP contribution is -2.36. The molecule has 1 aliphatic heterocycles. The first kappa shape index (κ1) is 11.4. The van der Waals surface area contributed by atoms with Gasteiger partial charge in [0, 0.05) is 6.54 Å². The Labute approximate surface area is 95.2 Å². The number of rotatable bonds is 2. The standard InChI is InChI=1S/C14H27N/c1-11-4-6-15(7-5-11)10-14-8-12(2)13(3)9-14/h11-14H,4-10H2,1-3H3. The summed E-state index contributed by atoms with van der Waals surface area (Å²) in [4.78, 5) is 2.72. The van der Waals surface area contributed by atoms with E-state index in [-0.39, 0.29) is 0 Å². The van der Waals surface area contributed by atoms with Crippen molar-refractivity contribution in [1.82, 2.24) is 4.90 Å². The SMILES string of the molecule is CC1CCN(CC2CC(C)C(C)C2)CC1. The van der Waals surface area contributed by atoms with Crippen molar-refractivity contribution < 1.29 is 0 Å². The zero-order chi connectivity index (χ0) is 10.8. The second-order valence-electron chi connectivity index (χ2n) is 6.28. The van der Waals surface area contributed by atoms with Crippen LogP contribution in [0.2, 0.25) is 0 Å². The highest BCUT2D eigenvalue weighted by molar-refractivity contribution is 4.81. The highest BCUT2D eigenvalue weighted by Crippen LogP contribution is 2.36. The van der Waals surface area contributed by atoms with Gasteiger partial charge >= 0.3 is 0 Å². The highest BCUT2D eigenvalue weighted by atomic mass is 15.1. The maximum Gasteiger partial charge on any atom is 0.000986 e. The van der Waals surface area contributed by atoms with Gasteiger partial charge in [-0.15, -0.1) is 0 Å². The number of piperidine rings is 1. The first-order chi connectivity index (χ1) is 7.15. The van der Waals surface area contributed by atoms with Crippen molar-refractivity contribution in [2.75, 3.05) is 19.6 Å². The van der Waals surface area contributed by atoms with Crippen LogP contribution in [0.5, 0.6) is 0 Å². The van der Waals surface area contributed by atoms with Crippen LogP contribution in [0, 0.1) is 23.7 Å². The summed E-state index contributed by atoms with van der Waals surface area (Å²) in [7, 11) is 0. The van der Waals surface area contributed by atoms with Gasteiger partial charge in [-0.2, -0.15) is 0 Å². The van der Waals surface area contributed by atoms with Crippen LogP contribution < -0.4 is 0 Å². The molecule has 0 radical (unpaired) electrons. The van der Waals surface area contributed by atoms with Crippen LogP contribution in [-0.2, 0) is 0 Å². The van der Waals surface area contributed by atoms with E-state index < -0.39 is 0 Å². The average molecular weight is 209 g/mol. The van der Waals surface area contributed by atoms with Gasteiger partial charge in [-0.05, 0) is 62.4 Å². The summed E-state index contributed by atoms with van der Waals surface area (Å²) in [5, 5.41) is 0. The van der Waals surface area contributed by atoms with E-state index in [2.05, 4.69) is 25.7 Å². The first-order valence-corrected chi connectivity index (χ1v) is 6.87. The second-order valence-corrected chi connectivity index (χ2v) is 6.28. The number of likely N-dealkylation sites (tertiary alicyclic amines) is 1. The van der Waals surface area contributed by atoms with Crippen LogP contribution in [0.1, 0.15) is 46.5 Å². The van der Waals surface area contributed by atoms with Crippen LogP contribution in [0.25, 0.3) is 0 Å². The molecule has 1 heteroatoms. The van der Waals surface area contributed by atoms with E-state index in [1.165, 1.54) is 45.3 Å². The van der Waals surface area contributed by atoms with Crippen molar-refractivity contribution in [3.63, 3.8) is 0 Å². The summed E-state index contributed by atoms with van der Waals surface area (Å²) in [5.41, 5.74) is 0. The normalized spacial score (nSPS) is 39.8. The van der Waals surface area contributed by atoms with Gasteiger partial charge in [0.1, 0.15) is 0 Å².